The van der Waals surface area contributed by atoms with Gasteiger partial charge in [-0.05, 0) is 25.0 Å². The second kappa shape index (κ2) is 9.02. The third kappa shape index (κ3) is 8.07. The highest BCUT2D eigenvalue weighted by molar-refractivity contribution is 7.80. The van der Waals surface area contributed by atoms with Crippen LogP contribution in [0.4, 0.5) is 0 Å². The second-order valence-corrected chi connectivity index (χ2v) is 3.57. The third-order valence-electron chi connectivity index (χ3n) is 1.80. The summed E-state index contributed by atoms with van der Waals surface area (Å²) < 4.78 is 0. The minimum Gasteiger partial charge on any atom is -0.356 e. The summed E-state index contributed by atoms with van der Waals surface area (Å²) in [4.78, 5) is 21.1. The molecule has 4 nitrogen and oxygen atoms in total. The van der Waals surface area contributed by atoms with Crippen LogP contribution in [0.5, 0.6) is 0 Å². The van der Waals surface area contributed by atoms with Gasteiger partial charge in [0.25, 0.3) is 0 Å². The summed E-state index contributed by atoms with van der Waals surface area (Å²) in [5, 5.41) is 2.76. The Morgan fingerprint density at radius 2 is 2.21 bits per heavy atom. The Balaban J connectivity index is 3.21. The number of hydrogen-bond donors (Lipinski definition) is 3. The van der Waals surface area contributed by atoms with Gasteiger partial charge < -0.3 is 15.8 Å². The molecule has 0 aliphatic rings. The van der Waals surface area contributed by atoms with Crippen molar-refractivity contribution in [1.82, 2.24) is 5.32 Å². The summed E-state index contributed by atoms with van der Waals surface area (Å²) in [5.41, 5.74) is 5.40. The van der Waals surface area contributed by atoms with Crippen molar-refractivity contribution in [3.05, 3.63) is 0 Å². The van der Waals surface area contributed by atoms with Crippen molar-refractivity contribution in [2.75, 3.05) is 12.3 Å². The van der Waals surface area contributed by atoms with Gasteiger partial charge in [0.1, 0.15) is 6.29 Å². The first-order chi connectivity index (χ1) is 6.70. The molecule has 1 amide bonds. The fourth-order valence-electron chi connectivity index (χ4n) is 0.991. The summed E-state index contributed by atoms with van der Waals surface area (Å²) >= 11 is 3.95. The van der Waals surface area contributed by atoms with Crippen LogP contribution in [0.1, 0.15) is 25.7 Å². The average Bonchev–Trinajstić information content (AvgIpc) is 2.17. The van der Waals surface area contributed by atoms with E-state index in [1.54, 1.807) is 0 Å². The monoisotopic (exact) mass is 218 g/mol. The molecule has 0 aromatic carbocycles. The van der Waals surface area contributed by atoms with Crippen LogP contribution in [-0.4, -0.2) is 30.5 Å². The fourth-order valence-corrected chi connectivity index (χ4v) is 1.19. The predicted molar refractivity (Wildman–Crippen MR) is 59.4 cm³/mol. The van der Waals surface area contributed by atoms with Gasteiger partial charge in [0, 0.05) is 13.0 Å². The van der Waals surface area contributed by atoms with E-state index in [1.807, 2.05) is 0 Å². The highest BCUT2D eigenvalue weighted by Crippen LogP contribution is 1.96. The number of hydrogen-bond acceptors (Lipinski definition) is 4. The first-order valence-corrected chi connectivity index (χ1v) is 5.42. The molecule has 0 rings (SSSR count). The molecule has 82 valence electrons. The third-order valence-corrected chi connectivity index (χ3v) is 2.02. The minimum absolute atomic E-state index is 0.0275. The number of carbonyl (C=O) groups is 2. The summed E-state index contributed by atoms with van der Waals surface area (Å²) in [5.74, 6) is 0.599. The lowest BCUT2D eigenvalue weighted by atomic mass is 10.1. The van der Waals surface area contributed by atoms with E-state index >= 15 is 0 Å². The first-order valence-electron chi connectivity index (χ1n) is 4.79. The van der Waals surface area contributed by atoms with Crippen molar-refractivity contribution in [3.8, 4) is 0 Å². The number of aldehydes is 1. The molecule has 0 heterocycles. The minimum atomic E-state index is -0.358. The molecular formula is C9H18N2O2S. The van der Waals surface area contributed by atoms with Gasteiger partial charge in [-0.25, -0.2) is 0 Å². The number of thiol groups is 1. The van der Waals surface area contributed by atoms with Gasteiger partial charge in [-0.1, -0.05) is 0 Å². The van der Waals surface area contributed by atoms with Crippen molar-refractivity contribution >= 4 is 24.8 Å². The average molecular weight is 218 g/mol. The molecule has 5 heteroatoms. The standard InChI is InChI=1S/C9H18N2O2S/c10-8(7-12)3-1-2-5-11-9(13)4-6-14/h7-8,14H,1-6,10H2,(H,11,13). The van der Waals surface area contributed by atoms with E-state index in [9.17, 15) is 9.59 Å². The molecule has 0 aromatic heterocycles. The zero-order valence-electron chi connectivity index (χ0n) is 8.24. The number of amides is 1. The molecule has 0 bridgehead atoms. The molecule has 0 aromatic rings. The molecular weight excluding hydrogens is 200 g/mol. The van der Waals surface area contributed by atoms with Crippen molar-refractivity contribution in [1.29, 1.82) is 0 Å². The van der Waals surface area contributed by atoms with Crippen LogP contribution in [0.3, 0.4) is 0 Å². The molecule has 0 radical (unpaired) electrons. The maximum Gasteiger partial charge on any atom is 0.220 e. The van der Waals surface area contributed by atoms with Gasteiger partial charge in [0.05, 0.1) is 6.04 Å². The van der Waals surface area contributed by atoms with Crippen LogP contribution in [0, 0.1) is 0 Å². The topological polar surface area (TPSA) is 72.2 Å². The quantitative estimate of drug-likeness (QED) is 0.308. The van der Waals surface area contributed by atoms with E-state index in [0.717, 1.165) is 19.1 Å². The molecule has 0 saturated carbocycles. The van der Waals surface area contributed by atoms with E-state index in [2.05, 4.69) is 17.9 Å². The van der Waals surface area contributed by atoms with Crippen LogP contribution < -0.4 is 11.1 Å². The zero-order valence-corrected chi connectivity index (χ0v) is 9.13. The normalized spacial score (nSPS) is 12.1. The Morgan fingerprint density at radius 3 is 2.79 bits per heavy atom. The van der Waals surface area contributed by atoms with Gasteiger partial charge in [-0.2, -0.15) is 12.6 Å². The lowest BCUT2D eigenvalue weighted by molar-refractivity contribution is -0.120. The largest absolute Gasteiger partial charge is 0.356 e. The van der Waals surface area contributed by atoms with E-state index in [1.165, 1.54) is 0 Å². The van der Waals surface area contributed by atoms with E-state index in [-0.39, 0.29) is 11.9 Å². The summed E-state index contributed by atoms with van der Waals surface area (Å²) in [6, 6.07) is -0.358. The number of rotatable bonds is 8. The smallest absolute Gasteiger partial charge is 0.220 e. The number of nitrogens with one attached hydrogen (secondary N) is 1. The van der Waals surface area contributed by atoms with Crippen molar-refractivity contribution < 1.29 is 9.59 Å². The van der Waals surface area contributed by atoms with Crippen LogP contribution in [0.15, 0.2) is 0 Å². The Bertz CT molecular complexity index is 176. The predicted octanol–water partition coefficient (Wildman–Crippen LogP) is 0.119. The molecule has 0 saturated heterocycles. The lowest BCUT2D eigenvalue weighted by Crippen LogP contribution is -2.25. The van der Waals surface area contributed by atoms with E-state index in [0.29, 0.717) is 25.1 Å². The van der Waals surface area contributed by atoms with Crippen molar-refractivity contribution in [2.24, 2.45) is 5.73 Å². The molecule has 0 spiro atoms. The van der Waals surface area contributed by atoms with Crippen LogP contribution in [0.2, 0.25) is 0 Å². The number of carbonyl (C=O) groups excluding carboxylic acids is 2. The zero-order chi connectivity index (χ0) is 10.8. The van der Waals surface area contributed by atoms with Crippen LogP contribution in [-0.2, 0) is 9.59 Å². The first kappa shape index (κ1) is 13.4. The van der Waals surface area contributed by atoms with Gasteiger partial charge >= 0.3 is 0 Å². The highest BCUT2D eigenvalue weighted by atomic mass is 32.1. The maximum atomic E-state index is 11.0. The second-order valence-electron chi connectivity index (χ2n) is 3.12. The van der Waals surface area contributed by atoms with E-state index in [4.69, 9.17) is 5.73 Å². The molecule has 0 fully saturated rings. The Kier molecular flexibility index (Phi) is 8.67. The summed E-state index contributed by atoms with van der Waals surface area (Å²) in [6.45, 7) is 0.651. The molecule has 1 unspecified atom stereocenters. The highest BCUT2D eigenvalue weighted by Gasteiger charge is 2.00. The Morgan fingerprint density at radius 1 is 1.50 bits per heavy atom. The lowest BCUT2D eigenvalue weighted by Gasteiger charge is -2.05. The molecule has 1 atom stereocenters. The molecule has 14 heavy (non-hydrogen) atoms. The number of unbranched alkanes of at least 4 members (excludes halogenated alkanes) is 1. The van der Waals surface area contributed by atoms with Crippen LogP contribution in [0.25, 0.3) is 0 Å². The SMILES string of the molecule is NC(C=O)CCCCNC(=O)CCS. The fraction of sp³-hybridized carbons (Fsp3) is 0.778. The van der Waals surface area contributed by atoms with Crippen molar-refractivity contribution in [3.63, 3.8) is 0 Å². The van der Waals surface area contributed by atoms with Crippen molar-refractivity contribution in [2.45, 2.75) is 31.7 Å². The van der Waals surface area contributed by atoms with Gasteiger partial charge in [0.15, 0.2) is 0 Å². The van der Waals surface area contributed by atoms with Crippen LogP contribution >= 0.6 is 12.6 Å². The Hall–Kier alpha value is -0.550. The maximum absolute atomic E-state index is 11.0. The summed E-state index contributed by atoms with van der Waals surface area (Å²) in [7, 11) is 0. The molecule has 0 aliphatic carbocycles. The number of nitrogens with two attached hydrogens (primary N) is 1. The van der Waals surface area contributed by atoms with Gasteiger partial charge in [-0.15, -0.1) is 0 Å². The Labute approximate surface area is 90.0 Å². The van der Waals surface area contributed by atoms with E-state index < -0.39 is 0 Å². The molecule has 0 aliphatic heterocycles. The molecule has 3 N–H and O–H groups in total. The van der Waals surface area contributed by atoms with Gasteiger partial charge in [-0.3, -0.25) is 4.79 Å². The van der Waals surface area contributed by atoms with Gasteiger partial charge in [0.2, 0.25) is 5.91 Å². The summed E-state index contributed by atoms with van der Waals surface area (Å²) in [6.07, 6.45) is 3.61.